The van der Waals surface area contributed by atoms with E-state index in [9.17, 15) is 10.2 Å². The molecule has 1 aromatic rings. The van der Waals surface area contributed by atoms with E-state index in [1.165, 1.54) is 6.07 Å². The Bertz CT molecular complexity index is 415. The first-order valence-corrected chi connectivity index (χ1v) is 6.08. The molecule has 2 rings (SSSR count). The highest BCUT2D eigenvalue weighted by atomic mass is 16.5. The van der Waals surface area contributed by atoms with Gasteiger partial charge in [-0.05, 0) is 12.1 Å². The number of aromatic hydroxyl groups is 2. The highest BCUT2D eigenvalue weighted by Gasteiger charge is 2.08. The first kappa shape index (κ1) is 12.9. The van der Waals surface area contributed by atoms with Gasteiger partial charge >= 0.3 is 0 Å². The first-order valence-electron chi connectivity index (χ1n) is 6.08. The molecule has 5 nitrogen and oxygen atoms in total. The maximum absolute atomic E-state index is 9.58. The van der Waals surface area contributed by atoms with Gasteiger partial charge in [0, 0.05) is 31.4 Å². The lowest BCUT2D eigenvalue weighted by atomic mass is 10.2. The van der Waals surface area contributed by atoms with Gasteiger partial charge in [0.15, 0.2) is 11.5 Å². The van der Waals surface area contributed by atoms with Gasteiger partial charge in [-0.15, -0.1) is 0 Å². The topological polar surface area (TPSA) is 65.3 Å². The molecule has 5 heteroatoms. The van der Waals surface area contributed by atoms with Gasteiger partial charge in [-0.1, -0.05) is 6.07 Å². The summed E-state index contributed by atoms with van der Waals surface area (Å²) in [5, 5.41) is 18.9. The second-order valence-electron chi connectivity index (χ2n) is 4.20. The molecule has 0 unspecified atom stereocenters. The number of phenolic OH excluding ortho intramolecular Hbond substituents is 2. The van der Waals surface area contributed by atoms with Crippen molar-refractivity contribution in [3.05, 3.63) is 23.8 Å². The van der Waals surface area contributed by atoms with Crippen molar-refractivity contribution in [1.82, 2.24) is 4.90 Å². The predicted octanol–water partition coefficient (Wildman–Crippen LogP) is 0.849. The Hall–Kier alpha value is -1.59. The van der Waals surface area contributed by atoms with E-state index in [1.807, 2.05) is 0 Å². The lowest BCUT2D eigenvalue weighted by Gasteiger charge is -2.25. The summed E-state index contributed by atoms with van der Waals surface area (Å²) in [6, 6.07) is 4.84. The summed E-state index contributed by atoms with van der Waals surface area (Å²) >= 11 is 0. The van der Waals surface area contributed by atoms with Gasteiger partial charge in [0.05, 0.1) is 19.8 Å². The van der Waals surface area contributed by atoms with Crippen molar-refractivity contribution in [2.24, 2.45) is 4.99 Å². The summed E-state index contributed by atoms with van der Waals surface area (Å²) in [5.74, 6) is -0.236. The number of para-hydroxylation sites is 1. The number of phenols is 2. The van der Waals surface area contributed by atoms with E-state index in [0.29, 0.717) is 12.1 Å². The van der Waals surface area contributed by atoms with Crippen LogP contribution in [0.3, 0.4) is 0 Å². The molecular weight excluding hydrogens is 232 g/mol. The fourth-order valence-corrected chi connectivity index (χ4v) is 1.84. The Morgan fingerprint density at radius 3 is 2.83 bits per heavy atom. The van der Waals surface area contributed by atoms with Crippen molar-refractivity contribution in [3.8, 4) is 11.5 Å². The number of hydrogen-bond donors (Lipinski definition) is 2. The SMILES string of the molecule is Oc1cccc(C=NCCN2CCOCC2)c1O. The molecule has 98 valence electrons. The molecule has 0 spiro atoms. The Labute approximate surface area is 106 Å². The van der Waals surface area contributed by atoms with Gasteiger partial charge in [0.25, 0.3) is 0 Å². The highest BCUT2D eigenvalue weighted by molar-refractivity contribution is 5.84. The Kier molecular flexibility index (Phi) is 4.55. The first-order chi connectivity index (χ1) is 8.77. The maximum Gasteiger partial charge on any atom is 0.166 e. The Morgan fingerprint density at radius 2 is 2.06 bits per heavy atom. The lowest BCUT2D eigenvalue weighted by molar-refractivity contribution is 0.0395. The standard InChI is InChI=1S/C13H18N2O3/c16-12-3-1-2-11(13(12)17)10-14-4-5-15-6-8-18-9-7-15/h1-3,10,16-17H,4-9H2. The molecule has 0 amide bonds. The predicted molar refractivity (Wildman–Crippen MR) is 69.5 cm³/mol. The summed E-state index contributed by atoms with van der Waals surface area (Å²) in [5.41, 5.74) is 0.539. The molecule has 0 atom stereocenters. The molecule has 1 aliphatic heterocycles. The number of hydrogen-bond acceptors (Lipinski definition) is 5. The molecule has 1 heterocycles. The summed E-state index contributed by atoms with van der Waals surface area (Å²) in [4.78, 5) is 6.55. The molecule has 0 aromatic heterocycles. The Morgan fingerprint density at radius 1 is 1.28 bits per heavy atom. The van der Waals surface area contributed by atoms with E-state index in [-0.39, 0.29) is 11.5 Å². The van der Waals surface area contributed by atoms with Gasteiger partial charge < -0.3 is 14.9 Å². The van der Waals surface area contributed by atoms with Crippen molar-refractivity contribution in [3.63, 3.8) is 0 Å². The van der Waals surface area contributed by atoms with Gasteiger partial charge in [0.1, 0.15) is 0 Å². The molecule has 0 radical (unpaired) electrons. The van der Waals surface area contributed by atoms with E-state index < -0.39 is 0 Å². The third-order valence-corrected chi connectivity index (χ3v) is 2.93. The minimum atomic E-state index is -0.118. The van der Waals surface area contributed by atoms with Crippen LogP contribution in [0.1, 0.15) is 5.56 Å². The lowest BCUT2D eigenvalue weighted by Crippen LogP contribution is -2.37. The van der Waals surface area contributed by atoms with Crippen molar-refractivity contribution >= 4 is 6.21 Å². The van der Waals surface area contributed by atoms with E-state index >= 15 is 0 Å². The largest absolute Gasteiger partial charge is 0.504 e. The minimum absolute atomic E-state index is 0.118. The number of nitrogens with zero attached hydrogens (tertiary/aromatic N) is 2. The zero-order valence-electron chi connectivity index (χ0n) is 10.2. The van der Waals surface area contributed by atoms with Crippen molar-refractivity contribution < 1.29 is 14.9 Å². The fraction of sp³-hybridized carbons (Fsp3) is 0.462. The summed E-state index contributed by atoms with van der Waals surface area (Å²) in [6.45, 7) is 5.04. The maximum atomic E-state index is 9.58. The van der Waals surface area contributed by atoms with Crippen LogP contribution in [0.2, 0.25) is 0 Å². The summed E-state index contributed by atoms with van der Waals surface area (Å²) in [6.07, 6.45) is 1.59. The van der Waals surface area contributed by atoms with Crippen molar-refractivity contribution in [2.45, 2.75) is 0 Å². The van der Waals surface area contributed by atoms with E-state index in [1.54, 1.807) is 18.3 Å². The van der Waals surface area contributed by atoms with Crippen LogP contribution in [0.15, 0.2) is 23.2 Å². The van der Waals surface area contributed by atoms with Crippen LogP contribution >= 0.6 is 0 Å². The van der Waals surface area contributed by atoms with Crippen LogP contribution in [0.4, 0.5) is 0 Å². The molecule has 0 bridgehead atoms. The van der Waals surface area contributed by atoms with Gasteiger partial charge in [-0.2, -0.15) is 0 Å². The van der Waals surface area contributed by atoms with Crippen LogP contribution in [0.25, 0.3) is 0 Å². The third-order valence-electron chi connectivity index (χ3n) is 2.93. The van der Waals surface area contributed by atoms with E-state index in [0.717, 1.165) is 32.8 Å². The zero-order chi connectivity index (χ0) is 12.8. The minimum Gasteiger partial charge on any atom is -0.504 e. The second-order valence-corrected chi connectivity index (χ2v) is 4.20. The molecule has 1 saturated heterocycles. The van der Waals surface area contributed by atoms with Crippen LogP contribution in [0.5, 0.6) is 11.5 Å². The van der Waals surface area contributed by atoms with Crippen LogP contribution < -0.4 is 0 Å². The summed E-state index contributed by atoms with van der Waals surface area (Å²) in [7, 11) is 0. The van der Waals surface area contributed by atoms with Crippen molar-refractivity contribution in [1.29, 1.82) is 0 Å². The molecule has 18 heavy (non-hydrogen) atoms. The number of aliphatic imine (C=N–C) groups is 1. The van der Waals surface area contributed by atoms with Crippen molar-refractivity contribution in [2.75, 3.05) is 39.4 Å². The second kappa shape index (κ2) is 6.37. The average molecular weight is 250 g/mol. The van der Waals surface area contributed by atoms with Crippen LogP contribution in [-0.4, -0.2) is 60.7 Å². The number of rotatable bonds is 4. The smallest absolute Gasteiger partial charge is 0.166 e. The fourth-order valence-electron chi connectivity index (χ4n) is 1.84. The third kappa shape index (κ3) is 3.45. The Balaban J connectivity index is 1.82. The van der Waals surface area contributed by atoms with Gasteiger partial charge in [-0.25, -0.2) is 0 Å². The molecule has 0 saturated carbocycles. The van der Waals surface area contributed by atoms with Crippen LogP contribution in [0, 0.1) is 0 Å². The van der Waals surface area contributed by atoms with E-state index in [2.05, 4.69) is 9.89 Å². The van der Waals surface area contributed by atoms with Crippen LogP contribution in [-0.2, 0) is 4.74 Å². The quantitative estimate of drug-likeness (QED) is 0.614. The molecule has 2 N–H and O–H groups in total. The van der Waals surface area contributed by atoms with E-state index in [4.69, 9.17) is 4.74 Å². The highest BCUT2D eigenvalue weighted by Crippen LogP contribution is 2.26. The molecular formula is C13H18N2O3. The average Bonchev–Trinajstić information content (AvgIpc) is 2.40. The molecule has 1 aliphatic rings. The van der Waals surface area contributed by atoms with Gasteiger partial charge in [-0.3, -0.25) is 9.89 Å². The number of morpholine rings is 1. The number of benzene rings is 1. The van der Waals surface area contributed by atoms with Gasteiger partial charge in [0.2, 0.25) is 0 Å². The number of ether oxygens (including phenoxy) is 1. The summed E-state index contributed by atoms with van der Waals surface area (Å²) < 4.78 is 5.26. The monoisotopic (exact) mass is 250 g/mol. The molecule has 0 aliphatic carbocycles. The molecule has 1 aromatic carbocycles. The zero-order valence-corrected chi connectivity index (χ0v) is 10.2. The molecule has 1 fully saturated rings. The normalized spacial score (nSPS) is 17.3.